The molecule has 0 unspecified atom stereocenters. The molecule has 0 radical (unpaired) electrons. The third-order valence-electron chi connectivity index (χ3n) is 2.22. The van der Waals surface area contributed by atoms with Crippen LogP contribution in [-0.4, -0.2) is 40.5 Å². The zero-order valence-corrected chi connectivity index (χ0v) is 11.7. The van der Waals surface area contributed by atoms with Gasteiger partial charge < -0.3 is 4.74 Å². The lowest BCUT2D eigenvalue weighted by molar-refractivity contribution is 0.0535. The zero-order chi connectivity index (χ0) is 15.0. The lowest BCUT2D eigenvalue weighted by atomic mass is 10.2. The van der Waals surface area contributed by atoms with Crippen molar-refractivity contribution in [2.45, 2.75) is 0 Å². The predicted molar refractivity (Wildman–Crippen MR) is 71.6 cm³/mol. The first-order chi connectivity index (χ1) is 9.42. The van der Waals surface area contributed by atoms with E-state index in [2.05, 4.69) is 4.18 Å². The topological polar surface area (TPSA) is 69.7 Å². The van der Waals surface area contributed by atoms with Gasteiger partial charge in [0, 0.05) is 0 Å². The molecule has 20 heavy (non-hydrogen) atoms. The van der Waals surface area contributed by atoms with Crippen molar-refractivity contribution < 1.29 is 26.5 Å². The van der Waals surface area contributed by atoms with Gasteiger partial charge in [0.1, 0.15) is 13.3 Å². The van der Waals surface area contributed by atoms with E-state index in [-0.39, 0.29) is 18.8 Å². The van der Waals surface area contributed by atoms with Gasteiger partial charge in [-0.3, -0.25) is 4.18 Å². The summed E-state index contributed by atoms with van der Waals surface area (Å²) in [6.45, 7) is -1.40. The number of carbonyl (C=O) groups is 1. The first-order valence-electron chi connectivity index (χ1n) is 5.73. The van der Waals surface area contributed by atoms with Gasteiger partial charge in [0.2, 0.25) is 0 Å². The predicted octanol–water partition coefficient (Wildman–Crippen LogP) is 1.72. The number of alkyl halides is 1. The Morgan fingerprint density at radius 1 is 1.30 bits per heavy atom. The summed E-state index contributed by atoms with van der Waals surface area (Å²) < 4.78 is 43.5. The summed E-state index contributed by atoms with van der Waals surface area (Å²) in [5, 5.41) is 0. The minimum atomic E-state index is -3.58. The summed E-state index contributed by atoms with van der Waals surface area (Å²) in [5.41, 5.74) is 0.496. The largest absolute Gasteiger partial charge is 0.457 e. The second-order valence-electron chi connectivity index (χ2n) is 3.93. The Hall–Kier alpha value is -1.73. The standard InChI is InChI=1S/C13H15FO5S/c1-20(16,17)19-8-7-11(9-14)10-18-13(15)12-5-3-2-4-6-12/h2-7H,8-10H2,1H3/b11-7-. The van der Waals surface area contributed by atoms with Crippen molar-refractivity contribution in [2.24, 2.45) is 0 Å². The van der Waals surface area contributed by atoms with Crippen molar-refractivity contribution in [1.82, 2.24) is 0 Å². The van der Waals surface area contributed by atoms with Gasteiger partial charge in [-0.25, -0.2) is 9.18 Å². The van der Waals surface area contributed by atoms with Crippen LogP contribution in [0.25, 0.3) is 0 Å². The molecule has 0 saturated carbocycles. The average Bonchev–Trinajstić information content (AvgIpc) is 2.42. The Bertz CT molecular complexity index is 566. The third-order valence-corrected chi connectivity index (χ3v) is 2.79. The molecule has 0 amide bonds. The van der Waals surface area contributed by atoms with Crippen molar-refractivity contribution in [3.63, 3.8) is 0 Å². The second kappa shape index (κ2) is 7.76. The average molecular weight is 302 g/mol. The molecule has 110 valence electrons. The molecule has 0 fully saturated rings. The molecule has 1 aromatic rings. The van der Waals surface area contributed by atoms with Gasteiger partial charge in [-0.05, 0) is 17.7 Å². The summed E-state index contributed by atoms with van der Waals surface area (Å²) in [6, 6.07) is 8.28. The van der Waals surface area contributed by atoms with Crippen LogP contribution in [0.15, 0.2) is 42.0 Å². The molecule has 0 atom stereocenters. The molecule has 0 saturated heterocycles. The van der Waals surface area contributed by atoms with Crippen LogP contribution >= 0.6 is 0 Å². The van der Waals surface area contributed by atoms with E-state index in [4.69, 9.17) is 4.74 Å². The van der Waals surface area contributed by atoms with Crippen LogP contribution in [0.1, 0.15) is 10.4 Å². The maximum Gasteiger partial charge on any atom is 0.338 e. The van der Waals surface area contributed by atoms with E-state index in [1.165, 1.54) is 6.08 Å². The number of halogens is 1. The van der Waals surface area contributed by atoms with Gasteiger partial charge in [-0.15, -0.1) is 0 Å². The monoisotopic (exact) mass is 302 g/mol. The molecule has 0 N–H and O–H groups in total. The highest BCUT2D eigenvalue weighted by Crippen LogP contribution is 2.04. The van der Waals surface area contributed by atoms with Crippen molar-refractivity contribution in [3.8, 4) is 0 Å². The van der Waals surface area contributed by atoms with Gasteiger partial charge in [-0.1, -0.05) is 24.3 Å². The maximum absolute atomic E-state index is 12.7. The van der Waals surface area contributed by atoms with Gasteiger partial charge in [-0.2, -0.15) is 8.42 Å². The molecule has 1 aromatic carbocycles. The van der Waals surface area contributed by atoms with E-state index < -0.39 is 22.8 Å². The molecular formula is C13H15FO5S. The van der Waals surface area contributed by atoms with Crippen molar-refractivity contribution in [1.29, 1.82) is 0 Å². The number of carbonyl (C=O) groups excluding carboxylic acids is 1. The van der Waals surface area contributed by atoms with E-state index in [1.807, 2.05) is 0 Å². The van der Waals surface area contributed by atoms with Crippen LogP contribution in [0.3, 0.4) is 0 Å². The van der Waals surface area contributed by atoms with Gasteiger partial charge in [0.25, 0.3) is 10.1 Å². The van der Waals surface area contributed by atoms with Crippen LogP contribution in [0, 0.1) is 0 Å². The molecule has 0 bridgehead atoms. The number of esters is 1. The Morgan fingerprint density at radius 2 is 1.95 bits per heavy atom. The van der Waals surface area contributed by atoms with Crippen LogP contribution < -0.4 is 0 Å². The van der Waals surface area contributed by atoms with E-state index in [0.717, 1.165) is 6.26 Å². The van der Waals surface area contributed by atoms with Crippen molar-refractivity contribution in [2.75, 3.05) is 26.1 Å². The molecule has 0 aliphatic rings. The highest BCUT2D eigenvalue weighted by atomic mass is 32.2. The molecular weight excluding hydrogens is 287 g/mol. The Labute approximate surface area is 117 Å². The Morgan fingerprint density at radius 3 is 2.50 bits per heavy atom. The van der Waals surface area contributed by atoms with E-state index >= 15 is 0 Å². The molecule has 0 heterocycles. The first-order valence-corrected chi connectivity index (χ1v) is 7.54. The SMILES string of the molecule is CS(=O)(=O)OC/C=C(/CF)COC(=O)c1ccccc1. The zero-order valence-electron chi connectivity index (χ0n) is 10.9. The third kappa shape index (κ3) is 6.44. The quantitative estimate of drug-likeness (QED) is 0.436. The minimum absolute atomic E-state index is 0.137. The van der Waals surface area contributed by atoms with Crippen molar-refractivity contribution >= 4 is 16.1 Å². The molecule has 0 aromatic heterocycles. The van der Waals surface area contributed by atoms with Crippen LogP contribution in [0.5, 0.6) is 0 Å². The molecule has 0 aliphatic heterocycles. The first kappa shape index (κ1) is 16.3. The number of rotatable bonds is 7. The smallest absolute Gasteiger partial charge is 0.338 e. The normalized spacial score (nSPS) is 12.2. The number of hydrogen-bond acceptors (Lipinski definition) is 5. The van der Waals surface area contributed by atoms with Crippen LogP contribution in [-0.2, 0) is 19.0 Å². The van der Waals surface area contributed by atoms with E-state index in [1.54, 1.807) is 30.3 Å². The molecule has 1 rings (SSSR count). The Balaban J connectivity index is 2.49. The molecule has 0 spiro atoms. The number of benzene rings is 1. The fourth-order valence-electron chi connectivity index (χ4n) is 1.24. The van der Waals surface area contributed by atoms with Crippen LogP contribution in [0.4, 0.5) is 4.39 Å². The molecule has 7 heteroatoms. The highest BCUT2D eigenvalue weighted by Gasteiger charge is 2.08. The summed E-state index contributed by atoms with van der Waals surface area (Å²) >= 11 is 0. The lowest BCUT2D eigenvalue weighted by Gasteiger charge is -2.06. The summed E-state index contributed by atoms with van der Waals surface area (Å²) in [5.74, 6) is -0.575. The van der Waals surface area contributed by atoms with Crippen molar-refractivity contribution in [3.05, 3.63) is 47.5 Å². The molecule has 5 nitrogen and oxygen atoms in total. The number of ether oxygens (including phenoxy) is 1. The highest BCUT2D eigenvalue weighted by molar-refractivity contribution is 7.85. The summed E-state index contributed by atoms with van der Waals surface area (Å²) in [7, 11) is -3.58. The summed E-state index contributed by atoms with van der Waals surface area (Å²) in [4.78, 5) is 11.6. The van der Waals surface area contributed by atoms with Gasteiger partial charge >= 0.3 is 5.97 Å². The molecule has 0 aliphatic carbocycles. The fourth-order valence-corrected chi connectivity index (χ4v) is 1.56. The van der Waals surface area contributed by atoms with Crippen LogP contribution in [0.2, 0.25) is 0 Å². The maximum atomic E-state index is 12.7. The van der Waals surface area contributed by atoms with E-state index in [9.17, 15) is 17.6 Å². The van der Waals surface area contributed by atoms with Gasteiger partial charge in [0.15, 0.2) is 0 Å². The number of hydrogen-bond donors (Lipinski definition) is 0. The Kier molecular flexibility index (Phi) is 6.33. The van der Waals surface area contributed by atoms with Gasteiger partial charge in [0.05, 0.1) is 18.4 Å². The second-order valence-corrected chi connectivity index (χ2v) is 5.57. The summed E-state index contributed by atoms with van der Waals surface area (Å²) in [6.07, 6.45) is 2.13. The minimum Gasteiger partial charge on any atom is -0.457 e. The fraction of sp³-hybridized carbons (Fsp3) is 0.308. The van der Waals surface area contributed by atoms with E-state index in [0.29, 0.717) is 5.56 Å². The lowest BCUT2D eigenvalue weighted by Crippen LogP contribution is -2.10.